The van der Waals surface area contributed by atoms with Crippen molar-refractivity contribution in [1.29, 1.82) is 0 Å². The van der Waals surface area contributed by atoms with E-state index in [4.69, 9.17) is 0 Å². The summed E-state index contributed by atoms with van der Waals surface area (Å²) in [6.45, 7) is 1.48. The molecule has 1 aromatic heterocycles. The lowest BCUT2D eigenvalue weighted by Crippen LogP contribution is -2.25. The van der Waals surface area contributed by atoms with Gasteiger partial charge >= 0.3 is 0 Å². The molecule has 1 fully saturated rings. The van der Waals surface area contributed by atoms with E-state index in [1.807, 2.05) is 11.3 Å². The van der Waals surface area contributed by atoms with E-state index in [0.29, 0.717) is 0 Å². The molecule has 0 bridgehead atoms. The number of nitroso groups, excluding NO2 is 1. The summed E-state index contributed by atoms with van der Waals surface area (Å²) in [6.07, 6.45) is 4.11. The topological polar surface area (TPSA) is 32.7 Å². The van der Waals surface area contributed by atoms with Crippen LogP contribution in [-0.2, 0) is 12.8 Å². The zero-order chi connectivity index (χ0) is 14.9. The van der Waals surface area contributed by atoms with Crippen molar-refractivity contribution >= 4 is 16.9 Å². The Morgan fingerprint density at radius 2 is 1.77 bits per heavy atom. The normalized spacial score (nSPS) is 17.7. The van der Waals surface area contributed by atoms with Crippen molar-refractivity contribution in [2.24, 2.45) is 5.29 Å². The molecule has 3 nitrogen and oxygen atoms in total. The summed E-state index contributed by atoms with van der Waals surface area (Å²) in [4.78, 5) is 12.2. The number of hydrogen-bond donors (Lipinski definition) is 0. The summed E-state index contributed by atoms with van der Waals surface area (Å²) >= 11 is 1.87. The Bertz CT molecular complexity index is 737. The molecule has 4 rings (SSSR count). The largest absolute Gasteiger partial charge is 0.260 e. The molecule has 0 radical (unpaired) electrons. The molecule has 1 saturated heterocycles. The minimum atomic E-state index is 0.740. The van der Waals surface area contributed by atoms with Gasteiger partial charge in [0.1, 0.15) is 0 Å². The van der Waals surface area contributed by atoms with Gasteiger partial charge in [-0.1, -0.05) is 29.8 Å². The fourth-order valence-corrected chi connectivity index (χ4v) is 4.50. The molecule has 0 N–H and O–H groups in total. The minimum Gasteiger partial charge on any atom is -0.260 e. The van der Waals surface area contributed by atoms with E-state index in [2.05, 4.69) is 41.0 Å². The van der Waals surface area contributed by atoms with Crippen LogP contribution in [0.15, 0.2) is 46.6 Å². The average molecular weight is 310 g/mol. The SMILES string of the molecule is O=NN1CCC(=C2c3ccccc3CCc3sccc32)CC1. The molecule has 2 aliphatic rings. The van der Waals surface area contributed by atoms with Crippen molar-refractivity contribution in [2.45, 2.75) is 25.7 Å². The molecule has 112 valence electrons. The highest BCUT2D eigenvalue weighted by Gasteiger charge is 2.24. The second-order valence-electron chi connectivity index (χ2n) is 5.93. The van der Waals surface area contributed by atoms with E-state index in [0.717, 1.165) is 38.8 Å². The van der Waals surface area contributed by atoms with Crippen LogP contribution >= 0.6 is 11.3 Å². The maximum absolute atomic E-state index is 10.7. The summed E-state index contributed by atoms with van der Waals surface area (Å²) in [5.74, 6) is 0. The van der Waals surface area contributed by atoms with Gasteiger partial charge in [-0.3, -0.25) is 5.01 Å². The summed E-state index contributed by atoms with van der Waals surface area (Å²) in [6, 6.07) is 11.1. The van der Waals surface area contributed by atoms with Crippen LogP contribution in [-0.4, -0.2) is 18.1 Å². The van der Waals surface area contributed by atoms with Crippen LogP contribution in [0.4, 0.5) is 0 Å². The summed E-state index contributed by atoms with van der Waals surface area (Å²) in [7, 11) is 0. The van der Waals surface area contributed by atoms with E-state index in [1.54, 1.807) is 5.01 Å². The molecule has 0 unspecified atom stereocenters. The van der Waals surface area contributed by atoms with Gasteiger partial charge in [0.25, 0.3) is 0 Å². The molecule has 0 spiro atoms. The maximum atomic E-state index is 10.7. The number of aryl methyl sites for hydroxylation is 2. The van der Waals surface area contributed by atoms with Crippen LogP contribution in [0.25, 0.3) is 5.57 Å². The lowest BCUT2D eigenvalue weighted by atomic mass is 9.88. The van der Waals surface area contributed by atoms with E-state index < -0.39 is 0 Å². The molecule has 2 aromatic rings. The van der Waals surface area contributed by atoms with E-state index >= 15 is 0 Å². The molecule has 0 atom stereocenters. The third kappa shape index (κ3) is 2.28. The summed E-state index contributed by atoms with van der Waals surface area (Å²) < 4.78 is 0. The maximum Gasteiger partial charge on any atom is 0.0524 e. The highest BCUT2D eigenvalue weighted by atomic mass is 32.1. The van der Waals surface area contributed by atoms with Gasteiger partial charge in [-0.25, -0.2) is 0 Å². The Labute approximate surface area is 134 Å². The molecule has 22 heavy (non-hydrogen) atoms. The van der Waals surface area contributed by atoms with Gasteiger partial charge in [0.2, 0.25) is 0 Å². The van der Waals surface area contributed by atoms with Crippen molar-refractivity contribution in [3.63, 3.8) is 0 Å². The number of hydrogen-bond acceptors (Lipinski definition) is 3. The third-order valence-electron chi connectivity index (χ3n) is 4.74. The van der Waals surface area contributed by atoms with Crippen LogP contribution in [0, 0.1) is 4.91 Å². The van der Waals surface area contributed by atoms with E-state index in [-0.39, 0.29) is 0 Å². The Morgan fingerprint density at radius 3 is 2.59 bits per heavy atom. The Kier molecular flexibility index (Phi) is 3.54. The highest BCUT2D eigenvalue weighted by Crippen LogP contribution is 2.40. The standard InChI is InChI=1S/C18H18N2OS/c21-19-20-10-7-14(8-11-20)18-15-4-2-1-3-13(15)5-6-17-16(18)9-12-22-17/h1-4,9,12H,5-8,10-11H2. The van der Waals surface area contributed by atoms with Gasteiger partial charge < -0.3 is 0 Å². The van der Waals surface area contributed by atoms with Gasteiger partial charge in [-0.15, -0.1) is 16.2 Å². The number of rotatable bonds is 1. The van der Waals surface area contributed by atoms with Crippen LogP contribution in [0.5, 0.6) is 0 Å². The monoisotopic (exact) mass is 310 g/mol. The zero-order valence-corrected chi connectivity index (χ0v) is 13.2. The van der Waals surface area contributed by atoms with Crippen LogP contribution in [0.1, 0.15) is 34.4 Å². The lowest BCUT2D eigenvalue weighted by Gasteiger charge is -2.26. The van der Waals surface area contributed by atoms with Crippen molar-refractivity contribution in [1.82, 2.24) is 5.01 Å². The second kappa shape index (κ2) is 5.69. The predicted octanol–water partition coefficient (Wildman–Crippen LogP) is 4.43. The molecule has 2 heterocycles. The smallest absolute Gasteiger partial charge is 0.0524 e. The lowest BCUT2D eigenvalue weighted by molar-refractivity contribution is 0.266. The zero-order valence-electron chi connectivity index (χ0n) is 12.4. The first-order valence-electron chi connectivity index (χ1n) is 7.82. The quantitative estimate of drug-likeness (QED) is 0.730. The first-order chi connectivity index (χ1) is 10.9. The number of fused-ring (bicyclic) bond motifs is 2. The van der Waals surface area contributed by atoms with Crippen molar-refractivity contribution < 1.29 is 0 Å². The van der Waals surface area contributed by atoms with Crippen LogP contribution < -0.4 is 0 Å². The molecule has 1 aromatic carbocycles. The second-order valence-corrected chi connectivity index (χ2v) is 6.93. The van der Waals surface area contributed by atoms with Gasteiger partial charge in [0, 0.05) is 18.0 Å². The molecular weight excluding hydrogens is 292 g/mol. The number of benzene rings is 1. The van der Waals surface area contributed by atoms with Crippen LogP contribution in [0.2, 0.25) is 0 Å². The Morgan fingerprint density at radius 1 is 0.955 bits per heavy atom. The summed E-state index contributed by atoms with van der Waals surface area (Å²) in [5.41, 5.74) is 7.16. The number of thiophene rings is 1. The third-order valence-corrected chi connectivity index (χ3v) is 5.72. The Balaban J connectivity index is 1.86. The molecule has 0 saturated carbocycles. The summed E-state index contributed by atoms with van der Waals surface area (Å²) in [5, 5.41) is 6.94. The molecule has 0 amide bonds. The number of nitrogens with zero attached hydrogens (tertiary/aromatic N) is 2. The Hall–Kier alpha value is -1.94. The average Bonchev–Trinajstić information content (AvgIpc) is 2.97. The fourth-order valence-electron chi connectivity index (χ4n) is 3.61. The van der Waals surface area contributed by atoms with E-state index in [9.17, 15) is 4.91 Å². The van der Waals surface area contributed by atoms with E-state index in [1.165, 1.54) is 32.7 Å². The predicted molar refractivity (Wildman–Crippen MR) is 90.8 cm³/mol. The van der Waals surface area contributed by atoms with Crippen molar-refractivity contribution in [3.05, 3.63) is 67.8 Å². The first-order valence-corrected chi connectivity index (χ1v) is 8.70. The highest BCUT2D eigenvalue weighted by molar-refractivity contribution is 7.10. The van der Waals surface area contributed by atoms with Crippen molar-refractivity contribution in [2.75, 3.05) is 13.1 Å². The van der Waals surface area contributed by atoms with Crippen molar-refractivity contribution in [3.8, 4) is 0 Å². The fraction of sp³-hybridized carbons (Fsp3) is 0.333. The minimum absolute atomic E-state index is 0.740. The first kappa shape index (κ1) is 13.7. The van der Waals surface area contributed by atoms with Gasteiger partial charge in [-0.05, 0) is 59.4 Å². The van der Waals surface area contributed by atoms with Gasteiger partial charge in [0.15, 0.2) is 0 Å². The molecule has 4 heteroatoms. The number of piperidine rings is 1. The van der Waals surface area contributed by atoms with Crippen LogP contribution in [0.3, 0.4) is 0 Å². The molecule has 1 aliphatic heterocycles. The van der Waals surface area contributed by atoms with Gasteiger partial charge in [0.05, 0.1) is 5.29 Å². The molecular formula is C18H18N2OS. The van der Waals surface area contributed by atoms with Gasteiger partial charge in [-0.2, -0.15) is 0 Å². The molecule has 1 aliphatic carbocycles.